The van der Waals surface area contributed by atoms with Gasteiger partial charge in [-0.2, -0.15) is 0 Å². The predicted molar refractivity (Wildman–Crippen MR) is 104 cm³/mol. The number of benzene rings is 2. The van der Waals surface area contributed by atoms with Crippen LogP contribution in [-0.4, -0.2) is 24.5 Å². The monoisotopic (exact) mass is 370 g/mol. The minimum Gasteiger partial charge on any atom is -0.491 e. The summed E-state index contributed by atoms with van der Waals surface area (Å²) in [7, 11) is 0. The smallest absolute Gasteiger partial charge is 0.276 e. The van der Waals surface area contributed by atoms with Crippen LogP contribution in [0.3, 0.4) is 0 Å². The van der Waals surface area contributed by atoms with Crippen molar-refractivity contribution < 1.29 is 19.1 Å². The fraction of sp³-hybridized carbons (Fsp3) is 0.333. The van der Waals surface area contributed by atoms with Crippen molar-refractivity contribution in [2.45, 2.75) is 39.7 Å². The van der Waals surface area contributed by atoms with Crippen molar-refractivity contribution in [2.24, 2.45) is 0 Å². The van der Waals surface area contributed by atoms with Gasteiger partial charge in [0.15, 0.2) is 6.61 Å². The summed E-state index contributed by atoms with van der Waals surface area (Å²) >= 11 is 0. The maximum atomic E-state index is 12.1. The molecule has 0 radical (unpaired) electrons. The summed E-state index contributed by atoms with van der Waals surface area (Å²) in [5.41, 5.74) is 6.17. The molecule has 0 bridgehead atoms. The molecule has 144 valence electrons. The summed E-state index contributed by atoms with van der Waals surface area (Å²) in [4.78, 5) is 24.0. The number of hydrogen-bond donors (Lipinski definition) is 2. The first-order chi connectivity index (χ1) is 12.9. The third-order valence-electron chi connectivity index (χ3n) is 3.70. The Morgan fingerprint density at radius 2 is 1.59 bits per heavy atom. The minimum atomic E-state index is -0.443. The van der Waals surface area contributed by atoms with E-state index >= 15 is 0 Å². The molecule has 0 aliphatic carbocycles. The molecule has 0 spiro atoms. The maximum absolute atomic E-state index is 12.1. The van der Waals surface area contributed by atoms with Gasteiger partial charge in [0.1, 0.15) is 11.5 Å². The highest BCUT2D eigenvalue weighted by atomic mass is 16.5. The molecule has 2 amide bonds. The van der Waals surface area contributed by atoms with Crippen molar-refractivity contribution in [3.63, 3.8) is 0 Å². The normalized spacial score (nSPS) is 10.6. The van der Waals surface area contributed by atoms with Gasteiger partial charge in [0.2, 0.25) is 0 Å². The first kappa shape index (κ1) is 20.3. The molecule has 0 atom stereocenters. The molecule has 27 heavy (non-hydrogen) atoms. The second kappa shape index (κ2) is 9.62. The fourth-order valence-electron chi connectivity index (χ4n) is 2.42. The van der Waals surface area contributed by atoms with Crippen molar-refractivity contribution in [3.05, 3.63) is 59.7 Å². The van der Waals surface area contributed by atoms with Crippen LogP contribution in [0, 0.1) is 0 Å². The van der Waals surface area contributed by atoms with Crippen LogP contribution < -0.4 is 20.3 Å². The van der Waals surface area contributed by atoms with Crippen LogP contribution in [0.1, 0.15) is 49.5 Å². The number of ether oxygens (including phenoxy) is 2. The van der Waals surface area contributed by atoms with E-state index in [1.165, 1.54) is 0 Å². The van der Waals surface area contributed by atoms with Gasteiger partial charge in [0.05, 0.1) is 6.10 Å². The van der Waals surface area contributed by atoms with Crippen molar-refractivity contribution in [2.75, 3.05) is 6.61 Å². The molecule has 6 nitrogen and oxygen atoms in total. The predicted octanol–water partition coefficient (Wildman–Crippen LogP) is 3.44. The van der Waals surface area contributed by atoms with Gasteiger partial charge in [-0.3, -0.25) is 20.4 Å². The number of hydrazine groups is 1. The Kier molecular flexibility index (Phi) is 7.23. The number of rotatable bonds is 7. The summed E-state index contributed by atoms with van der Waals surface area (Å²) in [6.07, 6.45) is 0.0600. The summed E-state index contributed by atoms with van der Waals surface area (Å²) < 4.78 is 11.1. The van der Waals surface area contributed by atoms with Crippen LogP contribution in [-0.2, 0) is 4.79 Å². The molecule has 0 aliphatic rings. The highest BCUT2D eigenvalue weighted by molar-refractivity contribution is 5.95. The van der Waals surface area contributed by atoms with Crippen LogP contribution in [0.5, 0.6) is 11.5 Å². The molecule has 0 aliphatic heterocycles. The number of carbonyl (C=O) groups excluding carboxylic acids is 2. The Balaban J connectivity index is 1.82. The van der Waals surface area contributed by atoms with Crippen LogP contribution >= 0.6 is 0 Å². The van der Waals surface area contributed by atoms with E-state index in [1.807, 2.05) is 38.1 Å². The third-order valence-corrected chi connectivity index (χ3v) is 3.70. The molecule has 0 fully saturated rings. The quantitative estimate of drug-likeness (QED) is 0.732. The van der Waals surface area contributed by atoms with Gasteiger partial charge in [-0.25, -0.2) is 0 Å². The molecular weight excluding hydrogens is 344 g/mol. The van der Waals surface area contributed by atoms with Gasteiger partial charge >= 0.3 is 0 Å². The molecule has 0 aromatic heterocycles. The van der Waals surface area contributed by atoms with Crippen molar-refractivity contribution in [3.8, 4) is 11.5 Å². The van der Waals surface area contributed by atoms with Gasteiger partial charge in [0, 0.05) is 5.56 Å². The van der Waals surface area contributed by atoms with Gasteiger partial charge in [0.25, 0.3) is 11.8 Å². The summed E-state index contributed by atoms with van der Waals surface area (Å²) in [5.74, 6) is 0.771. The third kappa shape index (κ3) is 6.33. The van der Waals surface area contributed by atoms with E-state index in [9.17, 15) is 9.59 Å². The van der Waals surface area contributed by atoms with Gasteiger partial charge in [-0.15, -0.1) is 0 Å². The van der Waals surface area contributed by atoms with E-state index in [2.05, 4.69) is 24.7 Å². The molecule has 0 saturated carbocycles. The number of para-hydroxylation sites is 1. The van der Waals surface area contributed by atoms with Crippen molar-refractivity contribution >= 4 is 11.8 Å². The molecule has 0 heterocycles. The zero-order valence-corrected chi connectivity index (χ0v) is 16.1. The van der Waals surface area contributed by atoms with Crippen LogP contribution in [0.2, 0.25) is 0 Å². The Hall–Kier alpha value is -3.02. The lowest BCUT2D eigenvalue weighted by Crippen LogP contribution is -2.43. The first-order valence-electron chi connectivity index (χ1n) is 8.94. The first-order valence-corrected chi connectivity index (χ1v) is 8.94. The lowest BCUT2D eigenvalue weighted by molar-refractivity contribution is -0.123. The van der Waals surface area contributed by atoms with Gasteiger partial charge in [-0.05, 0) is 55.7 Å². The highest BCUT2D eigenvalue weighted by Gasteiger charge is 2.11. The standard InChI is InChI=1S/C21H26N2O4/c1-14(2)18-7-5-6-8-19(18)26-13-20(24)22-23-21(25)16-9-11-17(12-10-16)27-15(3)4/h5-12,14-15H,13H2,1-4H3,(H,22,24)(H,23,25). The molecule has 2 N–H and O–H groups in total. The van der Waals surface area contributed by atoms with Crippen LogP contribution in [0.4, 0.5) is 0 Å². The molecule has 6 heteroatoms. The van der Waals surface area contributed by atoms with E-state index in [4.69, 9.17) is 9.47 Å². The lowest BCUT2D eigenvalue weighted by Gasteiger charge is -2.14. The van der Waals surface area contributed by atoms with E-state index < -0.39 is 11.8 Å². The molecule has 0 saturated heterocycles. The van der Waals surface area contributed by atoms with E-state index in [-0.39, 0.29) is 18.6 Å². The van der Waals surface area contributed by atoms with E-state index in [0.717, 1.165) is 5.56 Å². The van der Waals surface area contributed by atoms with Crippen molar-refractivity contribution in [1.29, 1.82) is 0 Å². The Labute approximate surface area is 159 Å². The summed E-state index contributed by atoms with van der Waals surface area (Å²) in [5, 5.41) is 0. The number of amides is 2. The molecule has 2 aromatic carbocycles. The average Bonchev–Trinajstić information content (AvgIpc) is 2.64. The second-order valence-corrected chi connectivity index (χ2v) is 6.67. The average molecular weight is 370 g/mol. The zero-order valence-electron chi connectivity index (χ0n) is 16.1. The maximum Gasteiger partial charge on any atom is 0.276 e. The Bertz CT molecular complexity index is 770. The van der Waals surface area contributed by atoms with E-state index in [1.54, 1.807) is 24.3 Å². The van der Waals surface area contributed by atoms with Crippen molar-refractivity contribution in [1.82, 2.24) is 10.9 Å². The van der Waals surface area contributed by atoms with Gasteiger partial charge in [-0.1, -0.05) is 32.0 Å². The SMILES string of the molecule is CC(C)Oc1ccc(C(=O)NNC(=O)COc2ccccc2C(C)C)cc1. The summed E-state index contributed by atoms with van der Waals surface area (Å²) in [6.45, 7) is 7.78. The molecule has 0 unspecified atom stereocenters. The Morgan fingerprint density at radius 1 is 0.926 bits per heavy atom. The molecular formula is C21H26N2O4. The number of nitrogens with one attached hydrogen (secondary N) is 2. The Morgan fingerprint density at radius 3 is 2.22 bits per heavy atom. The summed E-state index contributed by atoms with van der Waals surface area (Å²) in [6, 6.07) is 14.3. The largest absolute Gasteiger partial charge is 0.491 e. The highest BCUT2D eigenvalue weighted by Crippen LogP contribution is 2.25. The van der Waals surface area contributed by atoms with Crippen LogP contribution in [0.15, 0.2) is 48.5 Å². The molecule has 2 aromatic rings. The lowest BCUT2D eigenvalue weighted by atomic mass is 10.0. The topological polar surface area (TPSA) is 76.7 Å². The zero-order chi connectivity index (χ0) is 19.8. The second-order valence-electron chi connectivity index (χ2n) is 6.67. The fourth-order valence-corrected chi connectivity index (χ4v) is 2.42. The van der Waals surface area contributed by atoms with E-state index in [0.29, 0.717) is 17.1 Å². The number of hydrogen-bond acceptors (Lipinski definition) is 4. The van der Waals surface area contributed by atoms with Gasteiger partial charge < -0.3 is 9.47 Å². The number of carbonyl (C=O) groups is 2. The minimum absolute atomic E-state index is 0.0600. The molecule has 2 rings (SSSR count). The van der Waals surface area contributed by atoms with Crippen LogP contribution in [0.25, 0.3) is 0 Å².